The van der Waals surface area contributed by atoms with E-state index >= 15 is 0 Å². The predicted octanol–water partition coefficient (Wildman–Crippen LogP) is 1.09. The van der Waals surface area contributed by atoms with Gasteiger partial charge in [0.05, 0.1) is 6.04 Å². The molecule has 2 heterocycles. The summed E-state index contributed by atoms with van der Waals surface area (Å²) in [6.07, 6.45) is 4.59. The van der Waals surface area contributed by atoms with E-state index in [4.69, 9.17) is 0 Å². The number of nitrogens with one attached hydrogen (secondary N) is 1. The van der Waals surface area contributed by atoms with E-state index < -0.39 is 0 Å². The first-order valence-electron chi connectivity index (χ1n) is 5.87. The molecule has 2 saturated heterocycles. The maximum absolute atomic E-state index is 12.1. The van der Waals surface area contributed by atoms with Crippen molar-refractivity contribution in [2.75, 3.05) is 25.1 Å². The number of rotatable bonds is 2. The van der Waals surface area contributed by atoms with Gasteiger partial charge < -0.3 is 10.2 Å². The van der Waals surface area contributed by atoms with Crippen molar-refractivity contribution in [3.05, 3.63) is 0 Å². The number of hydrogen-bond donors (Lipinski definition) is 1. The summed E-state index contributed by atoms with van der Waals surface area (Å²) in [6.45, 7) is 1.00. The molecule has 2 atom stereocenters. The van der Waals surface area contributed by atoms with Crippen molar-refractivity contribution in [3.8, 4) is 0 Å². The molecule has 0 saturated carbocycles. The normalized spacial score (nSPS) is 31.5. The van der Waals surface area contributed by atoms with Crippen LogP contribution in [0.15, 0.2) is 0 Å². The highest BCUT2D eigenvalue weighted by atomic mass is 32.2. The van der Waals surface area contributed by atoms with E-state index in [1.165, 1.54) is 25.0 Å². The number of carbonyl (C=O) groups is 1. The van der Waals surface area contributed by atoms with Gasteiger partial charge in [0.25, 0.3) is 0 Å². The van der Waals surface area contributed by atoms with E-state index in [2.05, 4.69) is 5.32 Å². The Morgan fingerprint density at radius 1 is 1.40 bits per heavy atom. The molecule has 0 bridgehead atoms. The minimum atomic E-state index is 0.0920. The van der Waals surface area contributed by atoms with E-state index in [-0.39, 0.29) is 6.04 Å². The molecular formula is C11H20N2OS. The molecule has 1 amide bonds. The molecule has 2 fully saturated rings. The second-order valence-electron chi connectivity index (χ2n) is 4.47. The smallest absolute Gasteiger partial charge is 0.239 e. The number of thioether (sulfide) groups is 1. The second-order valence-corrected chi connectivity index (χ2v) is 5.62. The molecule has 2 aliphatic rings. The third-order valence-electron chi connectivity index (χ3n) is 3.41. The van der Waals surface area contributed by atoms with Gasteiger partial charge in [-0.2, -0.15) is 11.8 Å². The lowest BCUT2D eigenvalue weighted by Gasteiger charge is -2.30. The van der Waals surface area contributed by atoms with Crippen molar-refractivity contribution in [3.63, 3.8) is 0 Å². The topological polar surface area (TPSA) is 32.3 Å². The van der Waals surface area contributed by atoms with Crippen molar-refractivity contribution in [1.82, 2.24) is 10.2 Å². The number of piperidine rings is 1. The third-order valence-corrected chi connectivity index (χ3v) is 4.55. The fraction of sp³-hybridized carbons (Fsp3) is 0.909. The summed E-state index contributed by atoms with van der Waals surface area (Å²) in [6, 6.07) is 0.570. The largest absolute Gasteiger partial charge is 0.341 e. The summed E-state index contributed by atoms with van der Waals surface area (Å²) >= 11 is 1.96. The molecule has 0 aromatic heterocycles. The molecule has 0 spiro atoms. The molecule has 15 heavy (non-hydrogen) atoms. The molecule has 2 rings (SSSR count). The number of hydrogen-bond acceptors (Lipinski definition) is 3. The molecule has 0 aliphatic carbocycles. The molecule has 2 aliphatic heterocycles. The van der Waals surface area contributed by atoms with Crippen molar-refractivity contribution >= 4 is 17.7 Å². The highest BCUT2D eigenvalue weighted by Gasteiger charge is 2.29. The van der Waals surface area contributed by atoms with Crippen LogP contribution in [0.4, 0.5) is 0 Å². The van der Waals surface area contributed by atoms with Crippen molar-refractivity contribution < 1.29 is 4.79 Å². The molecule has 4 heteroatoms. The quantitative estimate of drug-likeness (QED) is 0.768. The summed E-state index contributed by atoms with van der Waals surface area (Å²) in [5, 5.41) is 3.33. The highest BCUT2D eigenvalue weighted by Crippen LogP contribution is 2.22. The Bertz CT molecular complexity index is 223. The van der Waals surface area contributed by atoms with Gasteiger partial charge in [0.2, 0.25) is 5.91 Å². The van der Waals surface area contributed by atoms with Crippen LogP contribution in [0.25, 0.3) is 0 Å². The maximum atomic E-state index is 12.1. The number of nitrogens with zero attached hydrogens (tertiary/aromatic N) is 1. The summed E-state index contributed by atoms with van der Waals surface area (Å²) < 4.78 is 0. The summed E-state index contributed by atoms with van der Waals surface area (Å²) in [7, 11) is 1.97. The first-order chi connectivity index (χ1) is 7.29. The van der Waals surface area contributed by atoms with Crippen molar-refractivity contribution in [2.24, 2.45) is 0 Å². The van der Waals surface area contributed by atoms with Gasteiger partial charge in [-0.1, -0.05) is 6.42 Å². The van der Waals surface area contributed by atoms with Crippen LogP contribution in [0.5, 0.6) is 0 Å². The lowest BCUT2D eigenvalue weighted by Crippen LogP contribution is -2.50. The van der Waals surface area contributed by atoms with Gasteiger partial charge in [-0.25, -0.2) is 0 Å². The number of likely N-dealkylation sites (N-methyl/N-ethyl adjacent to an activating group) is 1. The second kappa shape index (κ2) is 5.21. The fourth-order valence-electron chi connectivity index (χ4n) is 2.32. The summed E-state index contributed by atoms with van der Waals surface area (Å²) in [5.41, 5.74) is 0. The Kier molecular flexibility index (Phi) is 3.92. The van der Waals surface area contributed by atoms with Gasteiger partial charge in [-0.05, 0) is 31.6 Å². The Morgan fingerprint density at radius 2 is 2.27 bits per heavy atom. The van der Waals surface area contributed by atoms with Crippen LogP contribution in [-0.2, 0) is 4.79 Å². The lowest BCUT2D eigenvalue weighted by molar-refractivity contribution is -0.134. The zero-order valence-electron chi connectivity index (χ0n) is 9.37. The molecule has 1 unspecified atom stereocenters. The molecule has 0 aromatic rings. The first kappa shape index (κ1) is 11.3. The van der Waals surface area contributed by atoms with Gasteiger partial charge in [0, 0.05) is 18.8 Å². The van der Waals surface area contributed by atoms with Gasteiger partial charge in [0.15, 0.2) is 0 Å². The average Bonchev–Trinajstić information content (AvgIpc) is 2.82. The van der Waals surface area contributed by atoms with Crippen LogP contribution in [0, 0.1) is 0 Å². The first-order valence-corrected chi connectivity index (χ1v) is 7.02. The van der Waals surface area contributed by atoms with E-state index in [9.17, 15) is 4.79 Å². The van der Waals surface area contributed by atoms with Crippen molar-refractivity contribution in [1.29, 1.82) is 0 Å². The average molecular weight is 228 g/mol. The van der Waals surface area contributed by atoms with E-state index in [1.54, 1.807) is 0 Å². The Balaban J connectivity index is 1.87. The van der Waals surface area contributed by atoms with Crippen molar-refractivity contribution in [2.45, 2.75) is 37.8 Å². The maximum Gasteiger partial charge on any atom is 0.239 e. The summed E-state index contributed by atoms with van der Waals surface area (Å²) in [4.78, 5) is 14.1. The zero-order valence-corrected chi connectivity index (χ0v) is 10.2. The minimum absolute atomic E-state index is 0.0920. The fourth-order valence-corrected chi connectivity index (χ4v) is 3.58. The minimum Gasteiger partial charge on any atom is -0.341 e. The van der Waals surface area contributed by atoms with Gasteiger partial charge in [-0.15, -0.1) is 0 Å². The predicted molar refractivity (Wildman–Crippen MR) is 64.1 cm³/mol. The van der Waals surface area contributed by atoms with Gasteiger partial charge in [-0.3, -0.25) is 4.79 Å². The molecule has 0 aromatic carbocycles. The lowest BCUT2D eigenvalue weighted by atomic mass is 10.0. The monoisotopic (exact) mass is 228 g/mol. The Hall–Kier alpha value is -0.220. The molecule has 0 radical (unpaired) electrons. The van der Waals surface area contributed by atoms with Crippen LogP contribution in [0.2, 0.25) is 0 Å². The van der Waals surface area contributed by atoms with Crippen LogP contribution in [0.3, 0.4) is 0 Å². The SMILES string of the molecule is CN(C(=O)[C@@H]1CCCCN1)C1CCSC1. The number of amides is 1. The van der Waals surface area contributed by atoms with E-state index in [1.807, 2.05) is 23.7 Å². The third kappa shape index (κ3) is 2.67. The zero-order chi connectivity index (χ0) is 10.7. The summed E-state index contributed by atoms with van der Waals surface area (Å²) in [5.74, 6) is 2.64. The molecule has 86 valence electrons. The van der Waals surface area contributed by atoms with Crippen LogP contribution in [-0.4, -0.2) is 48.0 Å². The molecular weight excluding hydrogens is 208 g/mol. The Labute approximate surface area is 96.0 Å². The number of carbonyl (C=O) groups excluding carboxylic acids is 1. The van der Waals surface area contributed by atoms with E-state index in [0.717, 1.165) is 18.7 Å². The van der Waals surface area contributed by atoms with Gasteiger partial charge >= 0.3 is 0 Å². The Morgan fingerprint density at radius 3 is 2.87 bits per heavy atom. The van der Waals surface area contributed by atoms with Gasteiger partial charge in [0.1, 0.15) is 0 Å². The molecule has 1 N–H and O–H groups in total. The van der Waals surface area contributed by atoms with Crippen LogP contribution >= 0.6 is 11.8 Å². The van der Waals surface area contributed by atoms with Crippen LogP contribution < -0.4 is 5.32 Å². The van der Waals surface area contributed by atoms with Crippen LogP contribution in [0.1, 0.15) is 25.7 Å². The highest BCUT2D eigenvalue weighted by molar-refractivity contribution is 7.99. The molecule has 3 nitrogen and oxygen atoms in total. The standard InChI is InChI=1S/C11H20N2OS/c1-13(9-5-7-15-8-9)11(14)10-4-2-3-6-12-10/h9-10,12H,2-8H2,1H3/t9?,10-/m0/s1. The van der Waals surface area contributed by atoms with E-state index in [0.29, 0.717) is 11.9 Å².